The summed E-state index contributed by atoms with van der Waals surface area (Å²) in [5.41, 5.74) is 0.144. The molecule has 116 valence electrons. The molecule has 0 aliphatic rings. The van der Waals surface area contributed by atoms with Crippen LogP contribution in [-0.4, -0.2) is 34.4 Å². The first-order valence-electron chi connectivity index (χ1n) is 6.65. The average molecular weight is 295 g/mol. The van der Waals surface area contributed by atoms with Crippen LogP contribution in [0.2, 0.25) is 0 Å². The summed E-state index contributed by atoms with van der Waals surface area (Å²) in [5, 5.41) is 20.8. The maximum atomic E-state index is 11.5. The molecule has 0 saturated heterocycles. The van der Waals surface area contributed by atoms with E-state index in [1.165, 1.54) is 12.1 Å². The Bertz CT molecular complexity index is 490. The number of benzene rings is 1. The van der Waals surface area contributed by atoms with Crippen LogP contribution in [0.1, 0.15) is 26.3 Å². The molecular formula is C15H21NO5. The largest absolute Gasteiger partial charge is 0.508 e. The number of hydrogen-bond donors (Lipinski definition) is 3. The van der Waals surface area contributed by atoms with Crippen molar-refractivity contribution in [2.75, 3.05) is 6.54 Å². The van der Waals surface area contributed by atoms with Crippen LogP contribution in [0.25, 0.3) is 0 Å². The van der Waals surface area contributed by atoms with Gasteiger partial charge in [0.2, 0.25) is 0 Å². The number of amides is 1. The van der Waals surface area contributed by atoms with E-state index >= 15 is 0 Å². The van der Waals surface area contributed by atoms with Gasteiger partial charge >= 0.3 is 12.1 Å². The Morgan fingerprint density at radius 1 is 1.24 bits per heavy atom. The number of aliphatic carboxylic acids is 1. The predicted molar refractivity (Wildman–Crippen MR) is 77.2 cm³/mol. The van der Waals surface area contributed by atoms with E-state index in [1.807, 2.05) is 0 Å². The summed E-state index contributed by atoms with van der Waals surface area (Å²) in [6, 6.07) is 6.29. The molecule has 3 N–H and O–H groups in total. The van der Waals surface area contributed by atoms with Crippen LogP contribution in [0.3, 0.4) is 0 Å². The number of carbonyl (C=O) groups is 2. The maximum absolute atomic E-state index is 11.5. The van der Waals surface area contributed by atoms with Gasteiger partial charge in [-0.15, -0.1) is 0 Å². The fourth-order valence-corrected chi connectivity index (χ4v) is 1.68. The molecule has 0 aliphatic carbocycles. The van der Waals surface area contributed by atoms with E-state index in [0.29, 0.717) is 0 Å². The van der Waals surface area contributed by atoms with E-state index in [-0.39, 0.29) is 18.7 Å². The van der Waals surface area contributed by atoms with Crippen molar-refractivity contribution in [3.05, 3.63) is 29.8 Å². The van der Waals surface area contributed by atoms with Gasteiger partial charge in [0.15, 0.2) is 0 Å². The van der Waals surface area contributed by atoms with Crippen molar-refractivity contribution >= 4 is 12.1 Å². The molecule has 0 radical (unpaired) electrons. The second-order valence-corrected chi connectivity index (χ2v) is 5.79. The number of phenols is 1. The Labute approximate surface area is 123 Å². The maximum Gasteiger partial charge on any atom is 0.407 e. The van der Waals surface area contributed by atoms with Crippen LogP contribution in [0.4, 0.5) is 4.79 Å². The molecule has 6 heteroatoms. The number of phenolic OH excluding ortho intramolecular Hbond substituents is 1. The molecule has 1 atom stereocenters. The fourth-order valence-electron chi connectivity index (χ4n) is 1.68. The van der Waals surface area contributed by atoms with E-state index in [2.05, 4.69) is 5.32 Å². The monoisotopic (exact) mass is 295 g/mol. The number of alkyl carbamates (subject to hydrolysis) is 1. The molecule has 1 amide bonds. The highest BCUT2D eigenvalue weighted by atomic mass is 16.6. The van der Waals surface area contributed by atoms with Crippen molar-refractivity contribution < 1.29 is 24.5 Å². The van der Waals surface area contributed by atoms with Crippen molar-refractivity contribution in [1.29, 1.82) is 0 Å². The van der Waals surface area contributed by atoms with Crippen LogP contribution >= 0.6 is 0 Å². The number of ether oxygens (including phenoxy) is 1. The van der Waals surface area contributed by atoms with Gasteiger partial charge in [0.25, 0.3) is 0 Å². The lowest BCUT2D eigenvalue weighted by Gasteiger charge is -2.20. The molecule has 1 rings (SSSR count). The van der Waals surface area contributed by atoms with Gasteiger partial charge in [-0.05, 0) is 44.9 Å². The van der Waals surface area contributed by atoms with Crippen molar-refractivity contribution in [3.63, 3.8) is 0 Å². The fraction of sp³-hybridized carbons (Fsp3) is 0.467. The van der Waals surface area contributed by atoms with Crippen molar-refractivity contribution in [2.24, 2.45) is 5.92 Å². The summed E-state index contributed by atoms with van der Waals surface area (Å²) in [5.74, 6) is -1.64. The number of carboxylic acid groups (broad SMARTS) is 1. The van der Waals surface area contributed by atoms with Gasteiger partial charge in [-0.3, -0.25) is 4.79 Å². The lowest BCUT2D eigenvalue weighted by atomic mass is 9.99. The van der Waals surface area contributed by atoms with Crippen LogP contribution in [0, 0.1) is 5.92 Å². The number of nitrogens with one attached hydrogen (secondary N) is 1. The van der Waals surface area contributed by atoms with E-state index in [1.54, 1.807) is 32.9 Å². The van der Waals surface area contributed by atoms with Crippen molar-refractivity contribution in [1.82, 2.24) is 5.32 Å². The molecule has 0 fully saturated rings. The minimum absolute atomic E-state index is 0.0227. The third-order valence-corrected chi connectivity index (χ3v) is 2.66. The molecule has 0 aromatic heterocycles. The van der Waals surface area contributed by atoms with Crippen LogP contribution in [0.15, 0.2) is 24.3 Å². The zero-order valence-corrected chi connectivity index (χ0v) is 12.4. The van der Waals surface area contributed by atoms with E-state index in [0.717, 1.165) is 5.56 Å². The van der Waals surface area contributed by atoms with E-state index < -0.39 is 23.6 Å². The molecule has 0 saturated carbocycles. The SMILES string of the molecule is CC(C)(C)OC(=O)NCC(Cc1ccc(O)cc1)C(=O)O. The summed E-state index contributed by atoms with van der Waals surface area (Å²) in [6.07, 6.45) is -0.384. The van der Waals surface area contributed by atoms with Crippen molar-refractivity contribution in [2.45, 2.75) is 32.8 Å². The number of carbonyl (C=O) groups excluding carboxylic acids is 1. The van der Waals surface area contributed by atoms with Crippen LogP contribution in [0.5, 0.6) is 5.75 Å². The molecule has 21 heavy (non-hydrogen) atoms. The summed E-state index contributed by atoms with van der Waals surface area (Å²) in [6.45, 7) is 5.18. The summed E-state index contributed by atoms with van der Waals surface area (Å²) in [7, 11) is 0. The quantitative estimate of drug-likeness (QED) is 0.773. The number of rotatable bonds is 5. The molecule has 0 bridgehead atoms. The molecule has 0 spiro atoms. The van der Waals surface area contributed by atoms with Crippen molar-refractivity contribution in [3.8, 4) is 5.75 Å². The molecule has 0 heterocycles. The predicted octanol–water partition coefficient (Wildman–Crippen LogP) is 2.16. The number of hydrogen-bond acceptors (Lipinski definition) is 4. The molecule has 1 aromatic carbocycles. The summed E-state index contributed by atoms with van der Waals surface area (Å²) >= 11 is 0. The van der Waals surface area contributed by atoms with Crippen LogP contribution in [-0.2, 0) is 16.0 Å². The second-order valence-electron chi connectivity index (χ2n) is 5.79. The summed E-state index contributed by atoms with van der Waals surface area (Å²) < 4.78 is 5.06. The highest BCUT2D eigenvalue weighted by Gasteiger charge is 2.21. The van der Waals surface area contributed by atoms with Gasteiger partial charge < -0.3 is 20.3 Å². The zero-order valence-electron chi connectivity index (χ0n) is 12.4. The van der Waals surface area contributed by atoms with Gasteiger partial charge in [-0.2, -0.15) is 0 Å². The Morgan fingerprint density at radius 3 is 2.29 bits per heavy atom. The zero-order chi connectivity index (χ0) is 16.0. The van der Waals surface area contributed by atoms with Crippen LogP contribution < -0.4 is 5.32 Å². The van der Waals surface area contributed by atoms with Gasteiger partial charge in [-0.25, -0.2) is 4.79 Å². The molecular weight excluding hydrogens is 274 g/mol. The minimum atomic E-state index is -1.00. The molecule has 1 aromatic rings. The standard InChI is InChI=1S/C15H21NO5/c1-15(2,3)21-14(20)16-9-11(13(18)19)8-10-4-6-12(17)7-5-10/h4-7,11,17H,8-9H2,1-3H3,(H,16,20)(H,18,19). The summed E-state index contributed by atoms with van der Waals surface area (Å²) in [4.78, 5) is 22.8. The minimum Gasteiger partial charge on any atom is -0.508 e. The van der Waals surface area contributed by atoms with Gasteiger partial charge in [0.05, 0.1) is 5.92 Å². The molecule has 0 aliphatic heterocycles. The van der Waals surface area contributed by atoms with Gasteiger partial charge in [-0.1, -0.05) is 12.1 Å². The topological polar surface area (TPSA) is 95.9 Å². The van der Waals surface area contributed by atoms with Gasteiger partial charge in [0, 0.05) is 6.54 Å². The second kappa shape index (κ2) is 6.97. The normalized spacial score (nSPS) is 12.5. The Morgan fingerprint density at radius 2 is 1.81 bits per heavy atom. The Kier molecular flexibility index (Phi) is 5.58. The average Bonchev–Trinajstić information content (AvgIpc) is 2.34. The lowest BCUT2D eigenvalue weighted by molar-refractivity contribution is -0.141. The first kappa shape index (κ1) is 16.8. The molecule has 1 unspecified atom stereocenters. The molecule has 6 nitrogen and oxygen atoms in total. The Hall–Kier alpha value is -2.24. The first-order valence-corrected chi connectivity index (χ1v) is 6.65. The number of carboxylic acids is 1. The van der Waals surface area contributed by atoms with E-state index in [4.69, 9.17) is 4.74 Å². The third kappa shape index (κ3) is 6.65. The smallest absolute Gasteiger partial charge is 0.407 e. The lowest BCUT2D eigenvalue weighted by Crippen LogP contribution is -2.37. The highest BCUT2D eigenvalue weighted by Crippen LogP contribution is 2.14. The highest BCUT2D eigenvalue weighted by molar-refractivity contribution is 5.73. The Balaban J connectivity index is 2.56. The number of aromatic hydroxyl groups is 1. The van der Waals surface area contributed by atoms with Gasteiger partial charge in [0.1, 0.15) is 11.4 Å². The van der Waals surface area contributed by atoms with E-state index in [9.17, 15) is 19.8 Å². The first-order chi connectivity index (χ1) is 9.67. The third-order valence-electron chi connectivity index (χ3n) is 2.66.